The zero-order valence-electron chi connectivity index (χ0n) is 11.4. The van der Waals surface area contributed by atoms with Gasteiger partial charge in [-0.2, -0.15) is 0 Å². The number of hydrogen-bond donors (Lipinski definition) is 3. The second-order valence-electron chi connectivity index (χ2n) is 4.98. The van der Waals surface area contributed by atoms with Crippen molar-refractivity contribution in [1.29, 1.82) is 0 Å². The molecule has 1 heterocycles. The number of quaternary nitrogens is 1. The van der Waals surface area contributed by atoms with Crippen LogP contribution in [0.4, 0.5) is 20.2 Å². The summed E-state index contributed by atoms with van der Waals surface area (Å²) in [6, 6.07) is 7.62. The fourth-order valence-electron chi connectivity index (χ4n) is 2.48. The van der Waals surface area contributed by atoms with Crippen molar-refractivity contribution in [1.82, 2.24) is 5.32 Å². The summed E-state index contributed by atoms with van der Waals surface area (Å²) in [7, 11) is 0. The molecule has 114 valence electrons. The van der Waals surface area contributed by atoms with Gasteiger partial charge in [-0.05, 0) is 29.3 Å². The third-order valence-corrected chi connectivity index (χ3v) is 3.59. The van der Waals surface area contributed by atoms with E-state index in [0.717, 1.165) is 17.7 Å². The van der Waals surface area contributed by atoms with Crippen LogP contribution in [0, 0.1) is 16.8 Å². The fourth-order valence-corrected chi connectivity index (χ4v) is 2.48. The van der Waals surface area contributed by atoms with E-state index < -0.39 is 29.3 Å². The molecule has 0 radical (unpaired) electrons. The maximum Gasteiger partial charge on any atom is 0.246 e. The summed E-state index contributed by atoms with van der Waals surface area (Å²) < 4.78 is 27.2. The number of amides is 1. The molecule has 0 saturated carbocycles. The Morgan fingerprint density at radius 3 is 2.68 bits per heavy atom. The highest BCUT2D eigenvalue weighted by atomic mass is 19.1. The lowest BCUT2D eigenvalue weighted by Gasteiger charge is -2.14. The molecule has 2 aromatic rings. The molecule has 0 aromatic heterocycles. The Balaban J connectivity index is 1.86. The van der Waals surface area contributed by atoms with Crippen LogP contribution < -0.4 is 16.1 Å². The van der Waals surface area contributed by atoms with Gasteiger partial charge in [0.2, 0.25) is 5.91 Å². The number of anilines is 1. The van der Waals surface area contributed by atoms with Crippen LogP contribution in [0.2, 0.25) is 0 Å². The Morgan fingerprint density at radius 1 is 1.27 bits per heavy atom. The second-order valence-corrected chi connectivity index (χ2v) is 4.98. The lowest BCUT2D eigenvalue weighted by atomic mass is 10.0. The molecule has 1 amide bonds. The Hall–Kier alpha value is -2.35. The number of nitrogens with two attached hydrogens (primary N) is 1. The number of fused-ring (bicyclic) bond motifs is 1. The van der Waals surface area contributed by atoms with Crippen molar-refractivity contribution in [2.75, 3.05) is 5.32 Å². The molecule has 0 spiro atoms. The molecule has 0 aliphatic carbocycles. The van der Waals surface area contributed by atoms with E-state index in [4.69, 9.17) is 0 Å². The largest absolute Gasteiger partial charge is 0.630 e. The van der Waals surface area contributed by atoms with E-state index in [1.165, 1.54) is 6.07 Å². The quantitative estimate of drug-likeness (QED) is 0.593. The molecular weight excluding hydrogens is 292 g/mol. The number of hydrogen-bond acceptors (Lipinski definition) is 3. The summed E-state index contributed by atoms with van der Waals surface area (Å²) in [5, 5.41) is 16.1. The highest BCUT2D eigenvalue weighted by Crippen LogP contribution is 2.28. The van der Waals surface area contributed by atoms with E-state index in [-0.39, 0.29) is 0 Å². The van der Waals surface area contributed by atoms with Gasteiger partial charge in [-0.3, -0.25) is 10.1 Å². The number of halogens is 2. The van der Waals surface area contributed by atoms with Crippen molar-refractivity contribution in [3.63, 3.8) is 0 Å². The van der Waals surface area contributed by atoms with Crippen LogP contribution in [0.25, 0.3) is 0 Å². The first kappa shape index (κ1) is 14.6. The van der Waals surface area contributed by atoms with E-state index in [0.29, 0.717) is 23.3 Å². The number of carbonyl (C=O) groups is 1. The summed E-state index contributed by atoms with van der Waals surface area (Å²) in [6.45, 7) is 0.451. The number of para-hydroxylation sites is 1. The Labute approximate surface area is 124 Å². The molecule has 2 aromatic carbocycles. The standard InChI is InChI=1S/C15H13F2N3O2/c16-11-2-1-3-12(17)14(11)19-15(21)13-10-6-9(20-22)5-4-8(10)7-18-13/h1-6,13,18H,7,20H2,(H,19,21). The van der Waals surface area contributed by atoms with Crippen LogP contribution in [-0.2, 0) is 11.3 Å². The topological polar surface area (TPSA) is 80.8 Å². The second kappa shape index (κ2) is 5.80. The third kappa shape index (κ3) is 2.57. The number of carbonyl (C=O) groups excluding carboxylic acids is 1. The van der Waals surface area contributed by atoms with E-state index in [1.54, 1.807) is 18.2 Å². The number of benzene rings is 2. The smallest absolute Gasteiger partial charge is 0.246 e. The Kier molecular flexibility index (Phi) is 3.84. The Morgan fingerprint density at radius 2 is 2.00 bits per heavy atom. The van der Waals surface area contributed by atoms with Crippen molar-refractivity contribution >= 4 is 17.3 Å². The average molecular weight is 305 g/mol. The highest BCUT2D eigenvalue weighted by molar-refractivity contribution is 5.96. The zero-order valence-corrected chi connectivity index (χ0v) is 11.4. The molecule has 1 aliphatic rings. The maximum absolute atomic E-state index is 13.6. The normalized spacial score (nSPS) is 16.4. The predicted molar refractivity (Wildman–Crippen MR) is 76.0 cm³/mol. The van der Waals surface area contributed by atoms with Crippen LogP contribution in [0.1, 0.15) is 17.2 Å². The molecule has 4 N–H and O–H groups in total. The van der Waals surface area contributed by atoms with E-state index in [9.17, 15) is 18.8 Å². The van der Waals surface area contributed by atoms with Gasteiger partial charge < -0.3 is 16.0 Å². The van der Waals surface area contributed by atoms with Crippen LogP contribution in [0.5, 0.6) is 0 Å². The SMILES string of the molecule is O=C(Nc1c(F)cccc1F)C1NCc2ccc([NH2+][O-])cc21. The molecule has 1 aliphatic heterocycles. The number of nitrogens with one attached hydrogen (secondary N) is 2. The average Bonchev–Trinajstić information content (AvgIpc) is 2.94. The molecule has 7 heteroatoms. The van der Waals surface area contributed by atoms with Crippen molar-refractivity contribution in [3.8, 4) is 0 Å². The van der Waals surface area contributed by atoms with Crippen LogP contribution in [-0.4, -0.2) is 5.91 Å². The molecule has 1 atom stereocenters. The summed E-state index contributed by atoms with van der Waals surface area (Å²) in [6.07, 6.45) is 0. The summed E-state index contributed by atoms with van der Waals surface area (Å²) in [4.78, 5) is 12.3. The molecule has 22 heavy (non-hydrogen) atoms. The first-order valence-electron chi connectivity index (χ1n) is 6.66. The maximum atomic E-state index is 13.6. The van der Waals surface area contributed by atoms with Gasteiger partial charge in [0.15, 0.2) is 0 Å². The first-order chi connectivity index (χ1) is 10.6. The number of rotatable bonds is 3. The van der Waals surface area contributed by atoms with Gasteiger partial charge in [0.25, 0.3) is 0 Å². The van der Waals surface area contributed by atoms with E-state index in [2.05, 4.69) is 10.6 Å². The fraction of sp³-hybridized carbons (Fsp3) is 0.133. The van der Waals surface area contributed by atoms with Gasteiger partial charge in [-0.15, -0.1) is 0 Å². The monoisotopic (exact) mass is 305 g/mol. The minimum atomic E-state index is -0.840. The van der Waals surface area contributed by atoms with E-state index in [1.807, 2.05) is 0 Å². The molecule has 3 rings (SSSR count). The summed E-state index contributed by atoms with van der Waals surface area (Å²) in [5.41, 5.74) is 2.16. The Bertz CT molecular complexity index is 716. The van der Waals surface area contributed by atoms with Crippen LogP contribution >= 0.6 is 0 Å². The van der Waals surface area contributed by atoms with Gasteiger partial charge in [-0.25, -0.2) is 8.78 Å². The van der Waals surface area contributed by atoms with Gasteiger partial charge >= 0.3 is 0 Å². The van der Waals surface area contributed by atoms with Gasteiger partial charge in [0, 0.05) is 12.6 Å². The minimum Gasteiger partial charge on any atom is -0.630 e. The van der Waals surface area contributed by atoms with Crippen molar-refractivity contribution < 1.29 is 19.1 Å². The minimum absolute atomic E-state index is 0.442. The molecule has 0 saturated heterocycles. The molecule has 0 bridgehead atoms. The lowest BCUT2D eigenvalue weighted by Crippen LogP contribution is -2.70. The van der Waals surface area contributed by atoms with Crippen molar-refractivity contribution in [3.05, 3.63) is 64.4 Å². The summed E-state index contributed by atoms with van der Waals surface area (Å²) >= 11 is 0. The first-order valence-corrected chi connectivity index (χ1v) is 6.66. The zero-order chi connectivity index (χ0) is 15.7. The highest BCUT2D eigenvalue weighted by Gasteiger charge is 2.29. The van der Waals surface area contributed by atoms with Crippen LogP contribution in [0.3, 0.4) is 0 Å². The van der Waals surface area contributed by atoms with Crippen molar-refractivity contribution in [2.45, 2.75) is 12.6 Å². The van der Waals surface area contributed by atoms with Gasteiger partial charge in [0.05, 0.1) is 0 Å². The molecular formula is C15H13F2N3O2. The van der Waals surface area contributed by atoms with Crippen LogP contribution in [0.15, 0.2) is 36.4 Å². The third-order valence-electron chi connectivity index (χ3n) is 3.59. The van der Waals surface area contributed by atoms with E-state index >= 15 is 0 Å². The lowest BCUT2D eigenvalue weighted by molar-refractivity contribution is -0.497. The molecule has 5 nitrogen and oxygen atoms in total. The molecule has 0 fully saturated rings. The molecule has 1 unspecified atom stereocenters. The van der Waals surface area contributed by atoms with Crippen molar-refractivity contribution in [2.24, 2.45) is 0 Å². The van der Waals surface area contributed by atoms with Gasteiger partial charge in [-0.1, -0.05) is 12.1 Å². The predicted octanol–water partition coefficient (Wildman–Crippen LogP) is 1.44. The van der Waals surface area contributed by atoms with Gasteiger partial charge in [0.1, 0.15) is 29.1 Å². The summed E-state index contributed by atoms with van der Waals surface area (Å²) in [5.74, 6) is -2.26.